The lowest BCUT2D eigenvalue weighted by atomic mass is 9.63. The van der Waals surface area contributed by atoms with E-state index in [0.717, 1.165) is 37.2 Å². The van der Waals surface area contributed by atoms with Gasteiger partial charge in [-0.1, -0.05) is 70.2 Å². The van der Waals surface area contributed by atoms with Crippen molar-refractivity contribution in [3.05, 3.63) is 82.5 Å². The van der Waals surface area contributed by atoms with E-state index in [1.165, 1.54) is 35.1 Å². The minimum atomic E-state index is -0.351. The van der Waals surface area contributed by atoms with Crippen molar-refractivity contribution in [2.24, 2.45) is 5.73 Å². The Hall–Kier alpha value is -2.81. The van der Waals surface area contributed by atoms with Gasteiger partial charge in [0.15, 0.2) is 0 Å². The first-order valence-electron chi connectivity index (χ1n) is 12.3. The normalized spacial score (nSPS) is 16.4. The molecule has 3 nitrogen and oxygen atoms in total. The molecular formula is C30H38N2O. The first kappa shape index (κ1) is 23.4. The van der Waals surface area contributed by atoms with Gasteiger partial charge in [0.25, 0.3) is 5.91 Å². The van der Waals surface area contributed by atoms with Crippen LogP contribution in [0.15, 0.2) is 54.6 Å². The first-order chi connectivity index (χ1) is 15.6. The van der Waals surface area contributed by atoms with Crippen molar-refractivity contribution in [3.8, 4) is 11.3 Å². The summed E-state index contributed by atoms with van der Waals surface area (Å²) in [7, 11) is 0. The number of amides is 1. The number of nitrogens with zero attached hydrogens (tertiary/aromatic N) is 1. The molecule has 1 aliphatic rings. The Morgan fingerprint density at radius 2 is 1.58 bits per heavy atom. The van der Waals surface area contributed by atoms with Gasteiger partial charge in [0.05, 0.1) is 5.56 Å². The van der Waals surface area contributed by atoms with Crippen molar-refractivity contribution >= 4 is 5.91 Å². The highest BCUT2D eigenvalue weighted by Crippen LogP contribution is 2.47. The van der Waals surface area contributed by atoms with Gasteiger partial charge in [-0.25, -0.2) is 0 Å². The summed E-state index contributed by atoms with van der Waals surface area (Å²) in [5.41, 5.74) is 14.2. The molecule has 0 fully saturated rings. The summed E-state index contributed by atoms with van der Waals surface area (Å²) in [5, 5.41) is 0. The molecule has 0 radical (unpaired) electrons. The molecule has 0 aliphatic heterocycles. The molecule has 33 heavy (non-hydrogen) atoms. The lowest BCUT2D eigenvalue weighted by Gasteiger charge is -2.42. The maximum Gasteiger partial charge on any atom is 0.250 e. The van der Waals surface area contributed by atoms with E-state index in [4.69, 9.17) is 5.73 Å². The van der Waals surface area contributed by atoms with E-state index in [-0.39, 0.29) is 16.7 Å². The molecule has 1 aromatic heterocycles. The van der Waals surface area contributed by atoms with Gasteiger partial charge < -0.3 is 10.3 Å². The Balaban J connectivity index is 1.66. The highest BCUT2D eigenvalue weighted by Gasteiger charge is 2.37. The number of aryl methyl sites for hydroxylation is 1. The molecule has 2 N–H and O–H groups in total. The molecule has 0 saturated heterocycles. The van der Waals surface area contributed by atoms with Gasteiger partial charge in [-0.15, -0.1) is 0 Å². The molecule has 4 rings (SSSR count). The number of carbonyl (C=O) groups is 1. The van der Waals surface area contributed by atoms with E-state index >= 15 is 0 Å². The number of carbonyl (C=O) groups excluding carboxylic acids is 1. The van der Waals surface area contributed by atoms with Crippen LogP contribution in [0.1, 0.15) is 86.1 Å². The lowest BCUT2D eigenvalue weighted by molar-refractivity contribution is 0.0999. The van der Waals surface area contributed by atoms with E-state index in [0.29, 0.717) is 5.56 Å². The SMILES string of the molecule is Cc1c(C(N)=O)cc(-c2ccc3c(c2)C(C)(C)CCC3(C)C)n1CCCCc1ccccc1. The second kappa shape index (κ2) is 8.85. The fourth-order valence-electron chi connectivity index (χ4n) is 5.41. The van der Waals surface area contributed by atoms with Gasteiger partial charge in [0, 0.05) is 17.9 Å². The highest BCUT2D eigenvalue weighted by molar-refractivity contribution is 5.95. The Morgan fingerprint density at radius 1 is 0.909 bits per heavy atom. The number of hydrogen-bond donors (Lipinski definition) is 1. The van der Waals surface area contributed by atoms with E-state index in [9.17, 15) is 4.79 Å². The Bertz CT molecular complexity index is 1150. The van der Waals surface area contributed by atoms with Crippen LogP contribution in [0.3, 0.4) is 0 Å². The molecule has 0 saturated carbocycles. The van der Waals surface area contributed by atoms with Gasteiger partial charge in [-0.3, -0.25) is 4.79 Å². The summed E-state index contributed by atoms with van der Waals surface area (Å²) in [6.45, 7) is 12.3. The average molecular weight is 443 g/mol. The smallest absolute Gasteiger partial charge is 0.250 e. The Kier molecular flexibility index (Phi) is 6.26. The monoisotopic (exact) mass is 442 g/mol. The zero-order chi connectivity index (χ0) is 23.8. The quantitative estimate of drug-likeness (QED) is 0.396. The number of primary amides is 1. The van der Waals surface area contributed by atoms with Crippen molar-refractivity contribution in [2.75, 3.05) is 0 Å². The summed E-state index contributed by atoms with van der Waals surface area (Å²) >= 11 is 0. The van der Waals surface area contributed by atoms with Crippen LogP contribution in [-0.4, -0.2) is 10.5 Å². The zero-order valence-corrected chi connectivity index (χ0v) is 20.9. The summed E-state index contributed by atoms with van der Waals surface area (Å²) in [5.74, 6) is -0.351. The van der Waals surface area contributed by atoms with Crippen LogP contribution in [0, 0.1) is 6.92 Å². The fraction of sp³-hybridized carbons (Fsp3) is 0.433. The number of aromatic nitrogens is 1. The van der Waals surface area contributed by atoms with Crippen molar-refractivity contribution in [2.45, 2.75) is 84.1 Å². The molecule has 0 spiro atoms. The third kappa shape index (κ3) is 4.64. The maximum absolute atomic E-state index is 12.2. The number of hydrogen-bond acceptors (Lipinski definition) is 1. The average Bonchev–Trinajstić information content (AvgIpc) is 3.11. The summed E-state index contributed by atoms with van der Waals surface area (Å²) < 4.78 is 2.30. The first-order valence-corrected chi connectivity index (χ1v) is 12.3. The standard InChI is InChI=1S/C30H38N2O/c1-21-24(28(31)33)20-27(32(21)18-10-9-13-22-11-7-6-8-12-22)23-14-15-25-26(19-23)30(4,5)17-16-29(25,2)3/h6-8,11-12,14-15,19-20H,9-10,13,16-18H2,1-5H3,(H2,31,33). The van der Waals surface area contributed by atoms with Crippen LogP contribution in [-0.2, 0) is 23.8 Å². The van der Waals surface area contributed by atoms with E-state index in [2.05, 4.69) is 80.8 Å². The number of unbranched alkanes of at least 4 members (excludes halogenated alkanes) is 1. The second-order valence-electron chi connectivity index (χ2n) is 11.0. The van der Waals surface area contributed by atoms with E-state index in [1.807, 2.05) is 13.0 Å². The Morgan fingerprint density at radius 3 is 2.24 bits per heavy atom. The molecule has 174 valence electrons. The predicted octanol–water partition coefficient (Wildman–Crippen LogP) is 6.93. The van der Waals surface area contributed by atoms with Gasteiger partial charge >= 0.3 is 0 Å². The zero-order valence-electron chi connectivity index (χ0n) is 20.9. The van der Waals surface area contributed by atoms with Gasteiger partial charge in [0.1, 0.15) is 0 Å². The molecular weight excluding hydrogens is 404 g/mol. The Labute approximate surface area is 199 Å². The summed E-state index contributed by atoms with van der Waals surface area (Å²) in [6, 6.07) is 19.6. The van der Waals surface area contributed by atoms with Crippen molar-refractivity contribution in [1.82, 2.24) is 4.57 Å². The van der Waals surface area contributed by atoms with Crippen molar-refractivity contribution in [3.63, 3.8) is 0 Å². The summed E-state index contributed by atoms with van der Waals surface area (Å²) in [6.07, 6.45) is 5.62. The molecule has 1 heterocycles. The number of nitrogens with two attached hydrogens (primary N) is 1. The largest absolute Gasteiger partial charge is 0.366 e. The topological polar surface area (TPSA) is 48.0 Å². The van der Waals surface area contributed by atoms with Crippen LogP contribution < -0.4 is 5.73 Å². The minimum Gasteiger partial charge on any atom is -0.366 e. The van der Waals surface area contributed by atoms with Crippen LogP contribution in [0.4, 0.5) is 0 Å². The van der Waals surface area contributed by atoms with E-state index in [1.54, 1.807) is 0 Å². The third-order valence-corrected chi connectivity index (χ3v) is 7.72. The van der Waals surface area contributed by atoms with Gasteiger partial charge in [0.2, 0.25) is 0 Å². The van der Waals surface area contributed by atoms with Crippen LogP contribution in [0.25, 0.3) is 11.3 Å². The third-order valence-electron chi connectivity index (χ3n) is 7.72. The van der Waals surface area contributed by atoms with Crippen molar-refractivity contribution < 1.29 is 4.79 Å². The maximum atomic E-state index is 12.2. The molecule has 2 aromatic carbocycles. The van der Waals surface area contributed by atoms with Crippen LogP contribution >= 0.6 is 0 Å². The molecule has 0 unspecified atom stereocenters. The number of fused-ring (bicyclic) bond motifs is 1. The molecule has 0 atom stereocenters. The van der Waals surface area contributed by atoms with E-state index < -0.39 is 0 Å². The van der Waals surface area contributed by atoms with Crippen molar-refractivity contribution in [1.29, 1.82) is 0 Å². The lowest BCUT2D eigenvalue weighted by Crippen LogP contribution is -2.33. The molecule has 1 amide bonds. The molecule has 1 aliphatic carbocycles. The van der Waals surface area contributed by atoms with Crippen LogP contribution in [0.2, 0.25) is 0 Å². The van der Waals surface area contributed by atoms with Gasteiger partial charge in [-0.2, -0.15) is 0 Å². The molecule has 0 bridgehead atoms. The molecule has 3 heteroatoms. The minimum absolute atomic E-state index is 0.148. The number of rotatable bonds is 7. The predicted molar refractivity (Wildman–Crippen MR) is 138 cm³/mol. The molecule has 3 aromatic rings. The summed E-state index contributed by atoms with van der Waals surface area (Å²) in [4.78, 5) is 12.2. The fourth-order valence-corrected chi connectivity index (χ4v) is 5.41. The van der Waals surface area contributed by atoms with Crippen LogP contribution in [0.5, 0.6) is 0 Å². The number of benzene rings is 2. The second-order valence-corrected chi connectivity index (χ2v) is 11.0. The van der Waals surface area contributed by atoms with Gasteiger partial charge in [-0.05, 0) is 84.2 Å². The highest BCUT2D eigenvalue weighted by atomic mass is 16.1.